The topological polar surface area (TPSA) is 59.6 Å². The summed E-state index contributed by atoms with van der Waals surface area (Å²) < 4.78 is 5.52. The number of nitrogens with zero attached hydrogens (tertiary/aromatic N) is 1. The van der Waals surface area contributed by atoms with Gasteiger partial charge in [0.05, 0.1) is 6.61 Å². The molecule has 0 unspecified atom stereocenters. The van der Waals surface area contributed by atoms with E-state index in [2.05, 4.69) is 46.0 Å². The van der Waals surface area contributed by atoms with Crippen LogP contribution in [-0.4, -0.2) is 25.7 Å². The molecule has 0 atom stereocenters. The fourth-order valence-corrected chi connectivity index (χ4v) is 3.23. The Morgan fingerprint density at radius 1 is 1.32 bits per heavy atom. The van der Waals surface area contributed by atoms with E-state index in [0.717, 1.165) is 44.7 Å². The Hall–Kier alpha value is -2.01. The molecule has 3 rings (SSSR count). The van der Waals surface area contributed by atoms with Crippen LogP contribution in [0.15, 0.2) is 40.7 Å². The molecule has 2 aromatic rings. The van der Waals surface area contributed by atoms with Crippen LogP contribution in [0.1, 0.15) is 16.0 Å². The summed E-state index contributed by atoms with van der Waals surface area (Å²) in [6, 6.07) is 10.6. The second-order valence-corrected chi connectivity index (χ2v) is 6.35. The molecule has 2 heterocycles. The number of thiophene rings is 1. The molecule has 4 nitrogen and oxygen atoms in total. The fraction of sp³-hybridized carbons (Fsp3) is 0.353. The predicted molar refractivity (Wildman–Crippen MR) is 91.9 cm³/mol. The van der Waals surface area contributed by atoms with Gasteiger partial charge in [0.2, 0.25) is 0 Å². The second-order valence-electron chi connectivity index (χ2n) is 5.31. The van der Waals surface area contributed by atoms with E-state index in [-0.39, 0.29) is 0 Å². The van der Waals surface area contributed by atoms with Crippen molar-refractivity contribution in [3.8, 4) is 5.75 Å². The first kappa shape index (κ1) is 14.9. The molecular formula is C17H21N3OS. The van der Waals surface area contributed by atoms with Crippen molar-refractivity contribution in [1.29, 1.82) is 0 Å². The highest BCUT2D eigenvalue weighted by atomic mass is 32.1. The van der Waals surface area contributed by atoms with Crippen molar-refractivity contribution in [2.45, 2.75) is 19.3 Å². The highest BCUT2D eigenvalue weighted by molar-refractivity contribution is 7.09. The number of nitrogens with two attached hydrogens (primary N) is 1. The lowest BCUT2D eigenvalue weighted by atomic mass is 10.1. The van der Waals surface area contributed by atoms with Crippen LogP contribution in [0.2, 0.25) is 0 Å². The Labute approximate surface area is 135 Å². The summed E-state index contributed by atoms with van der Waals surface area (Å²) in [4.78, 5) is 5.70. The second kappa shape index (κ2) is 7.31. The van der Waals surface area contributed by atoms with Crippen molar-refractivity contribution < 1.29 is 4.74 Å². The number of rotatable bonds is 6. The minimum absolute atomic E-state index is 0.529. The summed E-state index contributed by atoms with van der Waals surface area (Å²) in [5.74, 6) is 1.56. The zero-order valence-electron chi connectivity index (χ0n) is 12.5. The van der Waals surface area contributed by atoms with Gasteiger partial charge in [0.15, 0.2) is 5.96 Å². The van der Waals surface area contributed by atoms with E-state index in [4.69, 9.17) is 10.5 Å². The minimum Gasteiger partial charge on any atom is -0.493 e. The molecule has 22 heavy (non-hydrogen) atoms. The number of nitrogens with one attached hydrogen (secondary N) is 1. The Bertz CT molecular complexity index is 637. The molecule has 0 aliphatic carbocycles. The number of guanidine groups is 1. The average Bonchev–Trinajstić information content (AvgIpc) is 3.17. The lowest BCUT2D eigenvalue weighted by Crippen LogP contribution is -2.33. The van der Waals surface area contributed by atoms with Crippen molar-refractivity contribution in [1.82, 2.24) is 5.32 Å². The molecule has 5 heteroatoms. The summed E-state index contributed by atoms with van der Waals surface area (Å²) in [6.07, 6.45) is 2.90. The number of benzene rings is 1. The molecule has 3 N–H and O–H groups in total. The van der Waals surface area contributed by atoms with E-state index in [0.29, 0.717) is 5.96 Å². The summed E-state index contributed by atoms with van der Waals surface area (Å²) in [6.45, 7) is 2.34. The number of fused-ring (bicyclic) bond motifs is 1. The largest absolute Gasteiger partial charge is 0.493 e. The van der Waals surface area contributed by atoms with Crippen molar-refractivity contribution in [3.05, 3.63) is 51.7 Å². The molecule has 0 spiro atoms. The molecule has 0 radical (unpaired) electrons. The van der Waals surface area contributed by atoms with Gasteiger partial charge in [-0.15, -0.1) is 11.3 Å². The third-order valence-electron chi connectivity index (χ3n) is 3.69. The van der Waals surface area contributed by atoms with Gasteiger partial charge >= 0.3 is 0 Å². The van der Waals surface area contributed by atoms with E-state index >= 15 is 0 Å². The molecule has 116 valence electrons. The summed E-state index contributed by atoms with van der Waals surface area (Å²) >= 11 is 1.76. The van der Waals surface area contributed by atoms with Gasteiger partial charge in [0.1, 0.15) is 5.75 Å². The van der Waals surface area contributed by atoms with Crippen molar-refractivity contribution in [2.75, 3.05) is 19.7 Å². The number of hydrogen-bond donors (Lipinski definition) is 2. The Kier molecular flexibility index (Phi) is 4.96. The standard InChI is InChI=1S/C17H21N3OS/c18-17(20-9-6-15-2-1-11-22-15)19-8-5-13-3-4-16-14(12-13)7-10-21-16/h1-4,11-12H,5-10H2,(H3,18,19,20). The van der Waals surface area contributed by atoms with E-state index in [9.17, 15) is 0 Å². The van der Waals surface area contributed by atoms with E-state index in [1.807, 2.05) is 0 Å². The van der Waals surface area contributed by atoms with Crippen LogP contribution in [0.5, 0.6) is 5.75 Å². The molecule has 0 bridgehead atoms. The van der Waals surface area contributed by atoms with Gasteiger partial charge in [0.25, 0.3) is 0 Å². The highest BCUT2D eigenvalue weighted by Crippen LogP contribution is 2.25. The van der Waals surface area contributed by atoms with Crippen LogP contribution >= 0.6 is 11.3 Å². The summed E-state index contributed by atoms with van der Waals surface area (Å²) in [7, 11) is 0. The summed E-state index contributed by atoms with van der Waals surface area (Å²) in [5, 5.41) is 5.26. The van der Waals surface area contributed by atoms with Gasteiger partial charge in [-0.3, -0.25) is 4.99 Å². The molecule has 1 aliphatic rings. The average molecular weight is 315 g/mol. The predicted octanol–water partition coefficient (Wildman–Crippen LogP) is 2.37. The quantitative estimate of drug-likeness (QED) is 0.635. The molecule has 1 aliphatic heterocycles. The maximum absolute atomic E-state index is 5.89. The Morgan fingerprint density at radius 2 is 2.27 bits per heavy atom. The first-order valence-corrected chi connectivity index (χ1v) is 8.50. The zero-order valence-corrected chi connectivity index (χ0v) is 13.4. The third kappa shape index (κ3) is 4.01. The molecular weight excluding hydrogens is 294 g/mol. The lowest BCUT2D eigenvalue weighted by Gasteiger charge is -2.07. The first-order valence-electron chi connectivity index (χ1n) is 7.62. The number of ether oxygens (including phenoxy) is 1. The maximum atomic E-state index is 5.89. The van der Waals surface area contributed by atoms with E-state index in [1.54, 1.807) is 11.3 Å². The van der Waals surface area contributed by atoms with Crippen LogP contribution < -0.4 is 15.8 Å². The van der Waals surface area contributed by atoms with Gasteiger partial charge < -0.3 is 15.8 Å². The van der Waals surface area contributed by atoms with Gasteiger partial charge in [-0.1, -0.05) is 18.2 Å². The number of hydrogen-bond acceptors (Lipinski definition) is 3. The normalized spacial score (nSPS) is 13.7. The monoisotopic (exact) mass is 315 g/mol. The smallest absolute Gasteiger partial charge is 0.188 e. The molecule has 1 aromatic carbocycles. The highest BCUT2D eigenvalue weighted by Gasteiger charge is 2.11. The van der Waals surface area contributed by atoms with Gasteiger partial charge in [0, 0.05) is 30.8 Å². The lowest BCUT2D eigenvalue weighted by molar-refractivity contribution is 0.357. The molecule has 1 aromatic heterocycles. The van der Waals surface area contributed by atoms with Crippen LogP contribution in [0.4, 0.5) is 0 Å². The van der Waals surface area contributed by atoms with Gasteiger partial charge in [-0.05, 0) is 35.1 Å². The van der Waals surface area contributed by atoms with E-state index < -0.39 is 0 Å². The molecule has 0 saturated carbocycles. The summed E-state index contributed by atoms with van der Waals surface area (Å²) in [5.41, 5.74) is 8.51. The minimum atomic E-state index is 0.529. The SMILES string of the molecule is NC(=NCCc1cccs1)NCCc1ccc2c(c1)CCO2. The van der Waals surface area contributed by atoms with Crippen molar-refractivity contribution >= 4 is 17.3 Å². The van der Waals surface area contributed by atoms with Crippen LogP contribution in [0.25, 0.3) is 0 Å². The van der Waals surface area contributed by atoms with Gasteiger partial charge in [-0.2, -0.15) is 0 Å². The maximum Gasteiger partial charge on any atom is 0.188 e. The van der Waals surface area contributed by atoms with Crippen molar-refractivity contribution in [3.63, 3.8) is 0 Å². The Balaban J connectivity index is 1.40. The first-order chi connectivity index (χ1) is 10.8. The molecule has 0 saturated heterocycles. The van der Waals surface area contributed by atoms with Crippen LogP contribution in [0.3, 0.4) is 0 Å². The third-order valence-corrected chi connectivity index (χ3v) is 4.63. The molecule has 0 amide bonds. The zero-order chi connectivity index (χ0) is 15.2. The van der Waals surface area contributed by atoms with Gasteiger partial charge in [-0.25, -0.2) is 0 Å². The van der Waals surface area contributed by atoms with Crippen molar-refractivity contribution in [2.24, 2.45) is 10.7 Å². The fourth-order valence-electron chi connectivity index (χ4n) is 2.53. The number of aliphatic imine (C=N–C) groups is 1. The Morgan fingerprint density at radius 3 is 3.14 bits per heavy atom. The van der Waals surface area contributed by atoms with E-state index in [1.165, 1.54) is 16.0 Å². The molecule has 0 fully saturated rings. The van der Waals surface area contributed by atoms with Crippen LogP contribution in [-0.2, 0) is 19.3 Å². The van der Waals surface area contributed by atoms with Crippen LogP contribution in [0, 0.1) is 0 Å².